The zero-order valence-electron chi connectivity index (χ0n) is 18.1. The number of rotatable bonds is 4. The number of aromatic nitrogens is 1. The van der Waals surface area contributed by atoms with E-state index in [4.69, 9.17) is 37.4 Å². The molecule has 2 aliphatic heterocycles. The van der Waals surface area contributed by atoms with Crippen molar-refractivity contribution in [2.45, 2.75) is 19.9 Å². The number of benzene rings is 2. The number of nitrogens with zero attached hydrogens (tertiary/aromatic N) is 2. The van der Waals surface area contributed by atoms with Crippen molar-refractivity contribution in [1.29, 1.82) is 0 Å². The Morgan fingerprint density at radius 1 is 1.21 bits per heavy atom. The number of ether oxygens (including phenoxy) is 3. The van der Waals surface area contributed by atoms with Crippen LogP contribution in [0, 0.1) is 0 Å². The molecule has 0 saturated heterocycles. The summed E-state index contributed by atoms with van der Waals surface area (Å²) in [6.45, 7) is 3.78. The van der Waals surface area contributed by atoms with Crippen LogP contribution in [0.15, 0.2) is 57.5 Å². The molecular formula is C24H18Cl2N2O5S. The molecule has 2 aliphatic rings. The number of allylic oxidation sites excluding steroid dienone is 1. The van der Waals surface area contributed by atoms with Crippen LogP contribution in [0.5, 0.6) is 11.5 Å². The van der Waals surface area contributed by atoms with E-state index in [1.807, 2.05) is 6.07 Å². The van der Waals surface area contributed by atoms with Crippen molar-refractivity contribution in [1.82, 2.24) is 4.57 Å². The molecule has 0 bridgehead atoms. The first-order chi connectivity index (χ1) is 16.4. The first kappa shape index (κ1) is 22.7. The molecule has 3 aromatic rings. The van der Waals surface area contributed by atoms with E-state index < -0.39 is 12.0 Å². The van der Waals surface area contributed by atoms with Crippen LogP contribution in [0.25, 0.3) is 6.08 Å². The Kier molecular flexibility index (Phi) is 5.97. The monoisotopic (exact) mass is 516 g/mol. The second kappa shape index (κ2) is 8.94. The highest BCUT2D eigenvalue weighted by molar-refractivity contribution is 7.07. The van der Waals surface area contributed by atoms with E-state index in [9.17, 15) is 9.59 Å². The summed E-state index contributed by atoms with van der Waals surface area (Å²) in [5.74, 6) is 0.626. The van der Waals surface area contributed by atoms with Gasteiger partial charge < -0.3 is 14.2 Å². The van der Waals surface area contributed by atoms with Gasteiger partial charge in [0.05, 0.1) is 28.5 Å². The van der Waals surface area contributed by atoms with Crippen LogP contribution in [0.1, 0.15) is 31.0 Å². The lowest BCUT2D eigenvalue weighted by Gasteiger charge is -2.24. The topological polar surface area (TPSA) is 79.1 Å². The van der Waals surface area contributed by atoms with E-state index in [0.717, 1.165) is 0 Å². The lowest BCUT2D eigenvalue weighted by Crippen LogP contribution is -2.39. The first-order valence-corrected chi connectivity index (χ1v) is 12.0. The fraction of sp³-hybridized carbons (Fsp3) is 0.208. The Labute approximate surface area is 208 Å². The highest BCUT2D eigenvalue weighted by atomic mass is 35.5. The molecule has 174 valence electrons. The molecule has 10 heteroatoms. The predicted molar refractivity (Wildman–Crippen MR) is 129 cm³/mol. The number of carbonyl (C=O) groups excluding carboxylic acids is 1. The SMILES string of the molecule is CCOC(=O)C1=C(C)N=c2s/c(=C/c3cc(Cl)cc(Cl)c3)c(=O)n2C1c1ccc2c(c1)OCO2. The smallest absolute Gasteiger partial charge is 0.338 e. The second-order valence-corrected chi connectivity index (χ2v) is 9.50. The van der Waals surface area contributed by atoms with Gasteiger partial charge in [-0.05, 0) is 61.4 Å². The fourth-order valence-electron chi connectivity index (χ4n) is 4.00. The third-order valence-corrected chi connectivity index (χ3v) is 6.83. The van der Waals surface area contributed by atoms with Crippen molar-refractivity contribution in [2.24, 2.45) is 4.99 Å². The first-order valence-electron chi connectivity index (χ1n) is 10.4. The van der Waals surface area contributed by atoms with Crippen molar-refractivity contribution in [2.75, 3.05) is 13.4 Å². The van der Waals surface area contributed by atoms with Gasteiger partial charge in [0.1, 0.15) is 0 Å². The van der Waals surface area contributed by atoms with Crippen LogP contribution in [-0.2, 0) is 9.53 Å². The highest BCUT2D eigenvalue weighted by Gasteiger charge is 2.34. The summed E-state index contributed by atoms with van der Waals surface area (Å²) in [5.41, 5.74) is 1.85. The zero-order valence-corrected chi connectivity index (χ0v) is 20.5. The summed E-state index contributed by atoms with van der Waals surface area (Å²) in [4.78, 5) is 31.6. The highest BCUT2D eigenvalue weighted by Crippen LogP contribution is 2.38. The standard InChI is InChI=1S/C24H18Cl2N2O5S/c1-3-31-23(30)20-12(2)27-24-28(21(20)14-4-5-17-18(9-14)33-11-32-17)22(29)19(34-24)8-13-6-15(25)10-16(26)7-13/h4-10,21H,3,11H2,1-2H3/b19-8+. The summed E-state index contributed by atoms with van der Waals surface area (Å²) in [5, 5.41) is 0.926. The maximum Gasteiger partial charge on any atom is 0.338 e. The Hall–Kier alpha value is -3.07. The number of hydrogen-bond acceptors (Lipinski definition) is 7. The largest absolute Gasteiger partial charge is 0.463 e. The molecule has 0 aliphatic carbocycles. The zero-order chi connectivity index (χ0) is 24.0. The third kappa shape index (κ3) is 4.02. The maximum absolute atomic E-state index is 13.6. The molecule has 0 fully saturated rings. The van der Waals surface area contributed by atoms with Crippen molar-refractivity contribution >= 4 is 46.6 Å². The lowest BCUT2D eigenvalue weighted by molar-refractivity contribution is -0.139. The van der Waals surface area contributed by atoms with Crippen LogP contribution >= 0.6 is 34.5 Å². The number of thiazole rings is 1. The average molecular weight is 517 g/mol. The molecular weight excluding hydrogens is 499 g/mol. The molecule has 3 heterocycles. The third-order valence-electron chi connectivity index (χ3n) is 5.41. The second-order valence-electron chi connectivity index (χ2n) is 7.62. The van der Waals surface area contributed by atoms with E-state index in [1.54, 1.807) is 50.3 Å². The van der Waals surface area contributed by atoms with Gasteiger partial charge in [0.2, 0.25) is 6.79 Å². The molecule has 0 spiro atoms. The van der Waals surface area contributed by atoms with E-state index in [1.165, 1.54) is 15.9 Å². The molecule has 0 radical (unpaired) electrons. The molecule has 5 rings (SSSR count). The van der Waals surface area contributed by atoms with Crippen molar-refractivity contribution in [3.8, 4) is 11.5 Å². The molecule has 1 aromatic heterocycles. The summed E-state index contributed by atoms with van der Waals surface area (Å²) >= 11 is 13.5. The molecule has 34 heavy (non-hydrogen) atoms. The molecule has 7 nitrogen and oxygen atoms in total. The normalized spacial score (nSPS) is 16.9. The van der Waals surface area contributed by atoms with Gasteiger partial charge in [-0.3, -0.25) is 9.36 Å². The van der Waals surface area contributed by atoms with Gasteiger partial charge >= 0.3 is 5.97 Å². The van der Waals surface area contributed by atoms with E-state index in [2.05, 4.69) is 4.99 Å². The quantitative estimate of drug-likeness (QED) is 0.492. The minimum Gasteiger partial charge on any atom is -0.463 e. The number of carbonyl (C=O) groups is 1. The Bertz CT molecular complexity index is 1520. The lowest BCUT2D eigenvalue weighted by atomic mass is 9.95. The molecule has 1 unspecified atom stereocenters. The van der Waals surface area contributed by atoms with Gasteiger partial charge in [0.15, 0.2) is 16.3 Å². The fourth-order valence-corrected chi connectivity index (χ4v) is 5.59. The minimum atomic E-state index is -0.741. The number of halogens is 2. The minimum absolute atomic E-state index is 0.114. The molecule has 0 N–H and O–H groups in total. The van der Waals surface area contributed by atoms with Gasteiger partial charge in [0.25, 0.3) is 5.56 Å². The van der Waals surface area contributed by atoms with Gasteiger partial charge in [-0.25, -0.2) is 9.79 Å². The van der Waals surface area contributed by atoms with Crippen LogP contribution in [-0.4, -0.2) is 23.9 Å². The predicted octanol–water partition coefficient (Wildman–Crippen LogP) is 3.83. The molecule has 0 saturated carbocycles. The summed E-state index contributed by atoms with van der Waals surface area (Å²) in [6, 6.07) is 9.67. The van der Waals surface area contributed by atoms with Gasteiger partial charge in [-0.15, -0.1) is 0 Å². The van der Waals surface area contributed by atoms with Crippen LogP contribution in [0.4, 0.5) is 0 Å². The number of fused-ring (bicyclic) bond motifs is 2. The summed E-state index contributed by atoms with van der Waals surface area (Å²) in [6.07, 6.45) is 1.71. The maximum atomic E-state index is 13.6. The molecule has 1 atom stereocenters. The Balaban J connectivity index is 1.73. The number of esters is 1. The van der Waals surface area contributed by atoms with Crippen LogP contribution < -0.4 is 24.4 Å². The Morgan fingerprint density at radius 2 is 1.94 bits per heavy atom. The summed E-state index contributed by atoms with van der Waals surface area (Å²) in [7, 11) is 0. The van der Waals surface area contributed by atoms with Crippen LogP contribution in [0.2, 0.25) is 10.0 Å². The van der Waals surface area contributed by atoms with E-state index >= 15 is 0 Å². The van der Waals surface area contributed by atoms with Crippen molar-refractivity contribution in [3.05, 3.63) is 88.5 Å². The van der Waals surface area contributed by atoms with Gasteiger partial charge in [-0.2, -0.15) is 0 Å². The van der Waals surface area contributed by atoms with E-state index in [0.29, 0.717) is 53.3 Å². The van der Waals surface area contributed by atoms with Gasteiger partial charge in [0, 0.05) is 10.0 Å². The Morgan fingerprint density at radius 3 is 2.68 bits per heavy atom. The number of hydrogen-bond donors (Lipinski definition) is 0. The van der Waals surface area contributed by atoms with Gasteiger partial charge in [-0.1, -0.05) is 40.6 Å². The molecule has 2 aromatic carbocycles. The average Bonchev–Trinajstić information content (AvgIpc) is 3.36. The van der Waals surface area contributed by atoms with Crippen molar-refractivity contribution in [3.63, 3.8) is 0 Å². The molecule has 0 amide bonds. The van der Waals surface area contributed by atoms with Crippen LogP contribution in [0.3, 0.4) is 0 Å². The van der Waals surface area contributed by atoms with E-state index in [-0.39, 0.29) is 19.0 Å². The summed E-state index contributed by atoms with van der Waals surface area (Å²) < 4.78 is 18.2. The van der Waals surface area contributed by atoms with Crippen molar-refractivity contribution < 1.29 is 19.0 Å².